The molecule has 0 rings (SSSR count). The minimum atomic E-state index is -0.0163. The van der Waals surface area contributed by atoms with Gasteiger partial charge in [0.05, 0.1) is 5.60 Å². The minimum Gasteiger partial charge on any atom is -0.378 e. The average molecular weight is 272 g/mol. The first kappa shape index (κ1) is 18.9. The summed E-state index contributed by atoms with van der Waals surface area (Å²) in [7, 11) is 1.83. The van der Waals surface area contributed by atoms with Crippen molar-refractivity contribution >= 4 is 0 Å². The molecule has 116 valence electrons. The summed E-state index contributed by atoms with van der Waals surface area (Å²) in [5.74, 6) is 0. The number of hydrogen-bond acceptors (Lipinski definition) is 3. The fourth-order valence-corrected chi connectivity index (χ4v) is 2.77. The van der Waals surface area contributed by atoms with E-state index >= 15 is 0 Å². The molecule has 0 amide bonds. The van der Waals surface area contributed by atoms with Crippen molar-refractivity contribution < 1.29 is 4.74 Å². The molecular formula is C16H36N2O. The lowest BCUT2D eigenvalue weighted by atomic mass is 9.87. The van der Waals surface area contributed by atoms with Crippen LogP contribution in [0.4, 0.5) is 0 Å². The van der Waals surface area contributed by atoms with Crippen molar-refractivity contribution in [1.29, 1.82) is 0 Å². The molecule has 0 bridgehead atoms. The Labute approximate surface area is 120 Å². The number of hydrogen-bond donors (Lipinski definition) is 2. The van der Waals surface area contributed by atoms with Gasteiger partial charge in [-0.05, 0) is 38.8 Å². The average Bonchev–Trinajstić information content (AvgIpc) is 2.43. The zero-order valence-corrected chi connectivity index (χ0v) is 13.3. The Kier molecular flexibility index (Phi) is 12.8. The number of ether oxygens (including phenoxy) is 1. The van der Waals surface area contributed by atoms with E-state index in [9.17, 15) is 0 Å². The van der Waals surface area contributed by atoms with Gasteiger partial charge in [0.1, 0.15) is 0 Å². The van der Waals surface area contributed by atoms with Crippen LogP contribution in [0, 0.1) is 0 Å². The molecule has 1 atom stereocenters. The van der Waals surface area contributed by atoms with Gasteiger partial charge in [0.25, 0.3) is 0 Å². The van der Waals surface area contributed by atoms with Crippen LogP contribution < -0.4 is 11.5 Å². The highest BCUT2D eigenvalue weighted by molar-refractivity contribution is 4.81. The molecule has 4 N–H and O–H groups in total. The van der Waals surface area contributed by atoms with Crippen molar-refractivity contribution in [2.75, 3.05) is 20.2 Å². The number of nitrogens with two attached hydrogens (primary N) is 2. The Bertz CT molecular complexity index is 188. The van der Waals surface area contributed by atoms with Crippen LogP contribution in [0.3, 0.4) is 0 Å². The Hall–Kier alpha value is -0.120. The van der Waals surface area contributed by atoms with Gasteiger partial charge >= 0.3 is 0 Å². The number of unbranched alkanes of at least 4 members (excludes halogenated alkanes) is 6. The van der Waals surface area contributed by atoms with Crippen molar-refractivity contribution in [3.63, 3.8) is 0 Å². The van der Waals surface area contributed by atoms with E-state index in [1.54, 1.807) is 0 Å². The van der Waals surface area contributed by atoms with Gasteiger partial charge in [-0.3, -0.25) is 0 Å². The van der Waals surface area contributed by atoms with Crippen molar-refractivity contribution in [2.45, 2.75) is 83.2 Å². The Morgan fingerprint density at radius 1 is 0.737 bits per heavy atom. The van der Waals surface area contributed by atoms with E-state index in [2.05, 4.69) is 6.92 Å². The molecule has 0 aromatic heterocycles. The predicted octanol–water partition coefficient (Wildman–Crippen LogP) is 3.60. The lowest BCUT2D eigenvalue weighted by Gasteiger charge is -2.32. The fraction of sp³-hybridized carbons (Fsp3) is 1.00. The van der Waals surface area contributed by atoms with Crippen LogP contribution in [-0.4, -0.2) is 25.8 Å². The maximum atomic E-state index is 5.79. The SMILES string of the molecule is CCCCCCCCCC(CCN)(CCCN)OC. The molecule has 0 saturated heterocycles. The molecule has 0 aromatic carbocycles. The summed E-state index contributed by atoms with van der Waals surface area (Å²) < 4.78 is 5.79. The van der Waals surface area contributed by atoms with Gasteiger partial charge in [0, 0.05) is 7.11 Å². The molecule has 3 heteroatoms. The lowest BCUT2D eigenvalue weighted by Crippen LogP contribution is -2.34. The van der Waals surface area contributed by atoms with E-state index in [4.69, 9.17) is 16.2 Å². The standard InChI is InChI=1S/C16H36N2O/c1-3-4-5-6-7-8-9-11-16(19-2,13-15-18)12-10-14-17/h3-15,17-18H2,1-2H3. The molecule has 0 spiro atoms. The van der Waals surface area contributed by atoms with E-state index in [0.717, 1.165) is 32.2 Å². The third kappa shape index (κ3) is 9.42. The quantitative estimate of drug-likeness (QED) is 0.475. The molecule has 3 nitrogen and oxygen atoms in total. The lowest BCUT2D eigenvalue weighted by molar-refractivity contribution is -0.0320. The van der Waals surface area contributed by atoms with E-state index < -0.39 is 0 Å². The minimum absolute atomic E-state index is 0.0163. The van der Waals surface area contributed by atoms with Crippen molar-refractivity contribution in [2.24, 2.45) is 11.5 Å². The molecule has 19 heavy (non-hydrogen) atoms. The number of methoxy groups -OCH3 is 1. The number of rotatable bonds is 14. The van der Waals surface area contributed by atoms with Crippen LogP contribution in [0.15, 0.2) is 0 Å². The second-order valence-corrected chi connectivity index (χ2v) is 5.69. The van der Waals surface area contributed by atoms with Crippen molar-refractivity contribution in [1.82, 2.24) is 0 Å². The Balaban J connectivity index is 3.84. The van der Waals surface area contributed by atoms with Crippen LogP contribution in [0.1, 0.15) is 77.6 Å². The molecule has 0 saturated carbocycles. The third-order valence-corrected chi connectivity index (χ3v) is 4.11. The van der Waals surface area contributed by atoms with Gasteiger partial charge in [-0.25, -0.2) is 0 Å². The Morgan fingerprint density at radius 3 is 1.84 bits per heavy atom. The van der Waals surface area contributed by atoms with E-state index in [-0.39, 0.29) is 5.60 Å². The van der Waals surface area contributed by atoms with E-state index in [1.807, 2.05) is 7.11 Å². The van der Waals surface area contributed by atoms with Crippen molar-refractivity contribution in [3.05, 3.63) is 0 Å². The van der Waals surface area contributed by atoms with Gasteiger partial charge in [-0.15, -0.1) is 0 Å². The van der Waals surface area contributed by atoms with Crippen LogP contribution >= 0.6 is 0 Å². The normalized spacial score (nSPS) is 14.5. The fourth-order valence-electron chi connectivity index (χ4n) is 2.77. The predicted molar refractivity (Wildman–Crippen MR) is 84.3 cm³/mol. The summed E-state index contributed by atoms with van der Waals surface area (Å²) in [5.41, 5.74) is 11.3. The maximum absolute atomic E-state index is 5.79. The van der Waals surface area contributed by atoms with E-state index in [1.165, 1.54) is 44.9 Å². The summed E-state index contributed by atoms with van der Waals surface area (Å²) in [4.78, 5) is 0. The largest absolute Gasteiger partial charge is 0.378 e. The summed E-state index contributed by atoms with van der Waals surface area (Å²) in [5, 5.41) is 0. The van der Waals surface area contributed by atoms with Crippen LogP contribution in [0.25, 0.3) is 0 Å². The summed E-state index contributed by atoms with van der Waals surface area (Å²) in [6, 6.07) is 0. The summed E-state index contributed by atoms with van der Waals surface area (Å²) in [6.07, 6.45) is 13.6. The molecular weight excluding hydrogens is 236 g/mol. The van der Waals surface area contributed by atoms with Crippen LogP contribution in [0.2, 0.25) is 0 Å². The first-order valence-corrected chi connectivity index (χ1v) is 8.20. The van der Waals surface area contributed by atoms with Gasteiger partial charge in [-0.2, -0.15) is 0 Å². The zero-order chi connectivity index (χ0) is 14.4. The second-order valence-electron chi connectivity index (χ2n) is 5.69. The first-order chi connectivity index (χ1) is 9.24. The summed E-state index contributed by atoms with van der Waals surface area (Å²) >= 11 is 0. The first-order valence-electron chi connectivity index (χ1n) is 8.20. The molecule has 0 heterocycles. The zero-order valence-electron chi connectivity index (χ0n) is 13.3. The molecule has 0 aliphatic carbocycles. The molecule has 0 fully saturated rings. The highest BCUT2D eigenvalue weighted by atomic mass is 16.5. The smallest absolute Gasteiger partial charge is 0.0691 e. The van der Waals surface area contributed by atoms with E-state index in [0.29, 0.717) is 6.54 Å². The Morgan fingerprint density at radius 2 is 1.32 bits per heavy atom. The van der Waals surface area contributed by atoms with Gasteiger partial charge < -0.3 is 16.2 Å². The van der Waals surface area contributed by atoms with Crippen LogP contribution in [-0.2, 0) is 4.74 Å². The van der Waals surface area contributed by atoms with Crippen LogP contribution in [0.5, 0.6) is 0 Å². The molecule has 0 radical (unpaired) electrons. The highest BCUT2D eigenvalue weighted by Gasteiger charge is 2.27. The highest BCUT2D eigenvalue weighted by Crippen LogP contribution is 2.28. The topological polar surface area (TPSA) is 61.3 Å². The maximum Gasteiger partial charge on any atom is 0.0691 e. The third-order valence-electron chi connectivity index (χ3n) is 4.11. The molecule has 0 aliphatic heterocycles. The second kappa shape index (κ2) is 12.9. The molecule has 0 aromatic rings. The molecule has 0 aliphatic rings. The summed E-state index contributed by atoms with van der Waals surface area (Å²) in [6.45, 7) is 3.71. The molecule has 1 unspecified atom stereocenters. The monoisotopic (exact) mass is 272 g/mol. The van der Waals surface area contributed by atoms with Gasteiger partial charge in [-0.1, -0.05) is 51.9 Å². The van der Waals surface area contributed by atoms with Gasteiger partial charge in [0.2, 0.25) is 0 Å². The van der Waals surface area contributed by atoms with Crippen molar-refractivity contribution in [3.8, 4) is 0 Å². The van der Waals surface area contributed by atoms with Gasteiger partial charge in [0.15, 0.2) is 0 Å².